The van der Waals surface area contributed by atoms with Gasteiger partial charge in [0.2, 0.25) is 0 Å². The molecule has 1 aliphatic carbocycles. The first-order chi connectivity index (χ1) is 12.2. The van der Waals surface area contributed by atoms with Crippen molar-refractivity contribution in [2.75, 3.05) is 6.26 Å². The van der Waals surface area contributed by atoms with Crippen molar-refractivity contribution in [3.8, 4) is 0 Å². The molecule has 2 aromatic carbocycles. The largest absolute Gasteiger partial charge is 0.478 e. The monoisotopic (exact) mass is 347 g/mol. The van der Waals surface area contributed by atoms with Crippen molar-refractivity contribution in [3.63, 3.8) is 0 Å². The molecule has 25 heavy (non-hydrogen) atoms. The standard InChI is InChI=1S/C21H17NO2S/c1-25-15-9-6-13(7-10-15)12-14-8-11-17-19(21(23)24)16-4-2-3-5-18(16)22-20(14)17/h2-7,9-10,12H,8,11H2,1H3,(H,23,24)/b14-12-. The fourth-order valence-electron chi connectivity index (χ4n) is 3.42. The number of aromatic nitrogens is 1. The number of rotatable bonds is 3. The Balaban J connectivity index is 1.87. The maximum Gasteiger partial charge on any atom is 0.336 e. The third-order valence-electron chi connectivity index (χ3n) is 4.61. The van der Waals surface area contributed by atoms with Gasteiger partial charge < -0.3 is 5.11 Å². The Morgan fingerprint density at radius 2 is 1.88 bits per heavy atom. The van der Waals surface area contributed by atoms with Crippen LogP contribution < -0.4 is 0 Å². The van der Waals surface area contributed by atoms with Crippen molar-refractivity contribution < 1.29 is 9.90 Å². The van der Waals surface area contributed by atoms with E-state index in [0.29, 0.717) is 5.56 Å². The van der Waals surface area contributed by atoms with Gasteiger partial charge in [-0.3, -0.25) is 0 Å². The van der Waals surface area contributed by atoms with Crippen LogP contribution in [0.1, 0.15) is 33.6 Å². The summed E-state index contributed by atoms with van der Waals surface area (Å²) >= 11 is 1.72. The Kier molecular flexibility index (Phi) is 4.06. The van der Waals surface area contributed by atoms with E-state index in [2.05, 4.69) is 36.6 Å². The molecule has 0 radical (unpaired) electrons. The SMILES string of the molecule is CSc1ccc(/C=C2/CCc3c2nc2ccccc2c3C(=O)O)cc1. The lowest BCUT2D eigenvalue weighted by atomic mass is 10.0. The molecule has 0 bridgehead atoms. The maximum atomic E-state index is 11.9. The predicted molar refractivity (Wildman–Crippen MR) is 103 cm³/mol. The Bertz CT molecular complexity index is 1010. The molecule has 3 nitrogen and oxygen atoms in total. The van der Waals surface area contributed by atoms with Crippen LogP contribution in [0.5, 0.6) is 0 Å². The molecule has 0 saturated heterocycles. The molecular weight excluding hydrogens is 330 g/mol. The number of para-hydroxylation sites is 1. The van der Waals surface area contributed by atoms with Crippen LogP contribution in [0.25, 0.3) is 22.6 Å². The topological polar surface area (TPSA) is 50.2 Å². The molecule has 4 heteroatoms. The second kappa shape index (κ2) is 6.37. The lowest BCUT2D eigenvalue weighted by Crippen LogP contribution is -2.05. The average molecular weight is 347 g/mol. The number of benzene rings is 2. The van der Waals surface area contributed by atoms with Gasteiger partial charge in [0.1, 0.15) is 0 Å². The molecule has 3 aromatic rings. The smallest absolute Gasteiger partial charge is 0.336 e. The molecule has 0 unspecified atom stereocenters. The van der Waals surface area contributed by atoms with Crippen LogP contribution in [0.4, 0.5) is 0 Å². The summed E-state index contributed by atoms with van der Waals surface area (Å²) < 4.78 is 0. The molecule has 0 fully saturated rings. The number of thioether (sulfide) groups is 1. The normalized spacial score (nSPS) is 14.8. The lowest BCUT2D eigenvalue weighted by molar-refractivity contribution is 0.0698. The third-order valence-corrected chi connectivity index (χ3v) is 5.36. The molecule has 0 spiro atoms. The van der Waals surface area contributed by atoms with E-state index in [1.807, 2.05) is 24.3 Å². The number of pyridine rings is 1. The zero-order valence-corrected chi connectivity index (χ0v) is 14.6. The molecule has 1 heterocycles. The van der Waals surface area contributed by atoms with Crippen molar-refractivity contribution >= 4 is 40.3 Å². The van der Waals surface area contributed by atoms with Crippen molar-refractivity contribution in [1.82, 2.24) is 4.98 Å². The number of aromatic carboxylic acids is 1. The van der Waals surface area contributed by atoms with Crippen LogP contribution in [-0.2, 0) is 6.42 Å². The fraction of sp³-hybridized carbons (Fsp3) is 0.143. The summed E-state index contributed by atoms with van der Waals surface area (Å²) in [6, 6.07) is 15.9. The van der Waals surface area contributed by atoms with Gasteiger partial charge in [0.05, 0.1) is 16.8 Å². The van der Waals surface area contributed by atoms with Crippen molar-refractivity contribution in [1.29, 1.82) is 0 Å². The highest BCUT2D eigenvalue weighted by Gasteiger charge is 2.26. The van der Waals surface area contributed by atoms with Gasteiger partial charge in [-0.2, -0.15) is 0 Å². The summed E-state index contributed by atoms with van der Waals surface area (Å²) in [5, 5.41) is 10.5. The number of fused-ring (bicyclic) bond motifs is 2. The quantitative estimate of drug-likeness (QED) is 0.666. The molecule has 124 valence electrons. The van der Waals surface area contributed by atoms with Gasteiger partial charge in [0.25, 0.3) is 0 Å². The highest BCUT2D eigenvalue weighted by molar-refractivity contribution is 7.98. The molecule has 1 aliphatic rings. The summed E-state index contributed by atoms with van der Waals surface area (Å²) in [6.45, 7) is 0. The van der Waals surface area contributed by atoms with Gasteiger partial charge in [0, 0.05) is 10.3 Å². The molecule has 0 saturated carbocycles. The molecule has 4 rings (SSSR count). The van der Waals surface area contributed by atoms with Crippen LogP contribution in [0.15, 0.2) is 53.4 Å². The van der Waals surface area contributed by atoms with E-state index in [9.17, 15) is 9.90 Å². The molecule has 1 N–H and O–H groups in total. The first kappa shape index (κ1) is 15.9. The highest BCUT2D eigenvalue weighted by atomic mass is 32.2. The number of allylic oxidation sites excluding steroid dienone is 1. The van der Waals surface area contributed by atoms with Crippen molar-refractivity contribution in [2.24, 2.45) is 0 Å². The first-order valence-corrected chi connectivity index (χ1v) is 9.40. The lowest BCUT2D eigenvalue weighted by Gasteiger charge is -2.09. The number of carbonyl (C=O) groups is 1. The molecule has 0 amide bonds. The van der Waals surface area contributed by atoms with Crippen LogP contribution in [-0.4, -0.2) is 22.3 Å². The van der Waals surface area contributed by atoms with Gasteiger partial charge in [0.15, 0.2) is 0 Å². The van der Waals surface area contributed by atoms with E-state index in [4.69, 9.17) is 4.98 Å². The first-order valence-electron chi connectivity index (χ1n) is 8.17. The number of hydrogen-bond donors (Lipinski definition) is 1. The van der Waals surface area contributed by atoms with E-state index in [0.717, 1.165) is 46.1 Å². The van der Waals surface area contributed by atoms with Gasteiger partial charge in [-0.15, -0.1) is 11.8 Å². The second-order valence-electron chi connectivity index (χ2n) is 6.08. The Morgan fingerprint density at radius 3 is 2.60 bits per heavy atom. The van der Waals surface area contributed by atoms with Gasteiger partial charge in [-0.25, -0.2) is 9.78 Å². The summed E-state index contributed by atoms with van der Waals surface area (Å²) in [7, 11) is 0. The number of hydrogen-bond acceptors (Lipinski definition) is 3. The van der Waals surface area contributed by atoms with E-state index in [1.165, 1.54) is 4.90 Å². The summed E-state index contributed by atoms with van der Waals surface area (Å²) in [5.41, 5.74) is 5.07. The number of carboxylic acid groups (broad SMARTS) is 1. The summed E-state index contributed by atoms with van der Waals surface area (Å²) in [5.74, 6) is -0.875. The van der Waals surface area contributed by atoms with Crippen LogP contribution in [0.3, 0.4) is 0 Å². The molecule has 0 atom stereocenters. The Hall–Kier alpha value is -2.59. The Morgan fingerprint density at radius 1 is 1.12 bits per heavy atom. The van der Waals surface area contributed by atoms with Crippen LogP contribution >= 0.6 is 11.8 Å². The van der Waals surface area contributed by atoms with E-state index in [1.54, 1.807) is 11.8 Å². The predicted octanol–water partition coefficient (Wildman–Crippen LogP) is 5.14. The van der Waals surface area contributed by atoms with E-state index in [-0.39, 0.29) is 0 Å². The molecular formula is C21H17NO2S. The zero-order valence-electron chi connectivity index (χ0n) is 13.8. The molecule has 1 aromatic heterocycles. The minimum atomic E-state index is -0.875. The zero-order chi connectivity index (χ0) is 17.4. The number of nitrogens with zero attached hydrogens (tertiary/aromatic N) is 1. The highest BCUT2D eigenvalue weighted by Crippen LogP contribution is 2.37. The third kappa shape index (κ3) is 2.83. The Labute approximate surface area is 150 Å². The van der Waals surface area contributed by atoms with Crippen molar-refractivity contribution in [3.05, 3.63) is 70.9 Å². The minimum Gasteiger partial charge on any atom is -0.478 e. The van der Waals surface area contributed by atoms with E-state index >= 15 is 0 Å². The summed E-state index contributed by atoms with van der Waals surface area (Å²) in [4.78, 5) is 17.9. The van der Waals surface area contributed by atoms with E-state index < -0.39 is 5.97 Å². The second-order valence-corrected chi connectivity index (χ2v) is 6.96. The minimum absolute atomic E-state index is 0.404. The van der Waals surface area contributed by atoms with Gasteiger partial charge in [-0.1, -0.05) is 30.3 Å². The summed E-state index contributed by atoms with van der Waals surface area (Å²) in [6.07, 6.45) is 5.74. The van der Waals surface area contributed by atoms with Crippen LogP contribution in [0, 0.1) is 0 Å². The van der Waals surface area contributed by atoms with Crippen LogP contribution in [0.2, 0.25) is 0 Å². The molecule has 0 aliphatic heterocycles. The average Bonchev–Trinajstić information content (AvgIpc) is 3.02. The van der Waals surface area contributed by atoms with Gasteiger partial charge in [-0.05, 0) is 60.1 Å². The van der Waals surface area contributed by atoms with Crippen molar-refractivity contribution in [2.45, 2.75) is 17.7 Å². The fourth-order valence-corrected chi connectivity index (χ4v) is 3.83. The van der Waals surface area contributed by atoms with Gasteiger partial charge >= 0.3 is 5.97 Å². The number of carboxylic acids is 1. The maximum absolute atomic E-state index is 11.9.